The minimum Gasteiger partial charge on any atom is -0.404 e. The number of imide groups is 1. The van der Waals surface area contributed by atoms with E-state index in [9.17, 15) is 32.3 Å². The van der Waals surface area contributed by atoms with Crippen LogP contribution in [0.4, 0.5) is 24.5 Å². The van der Waals surface area contributed by atoms with Crippen LogP contribution in [-0.4, -0.2) is 96.0 Å². The predicted molar refractivity (Wildman–Crippen MR) is 208 cm³/mol. The Hall–Kier alpha value is -4.18. The third-order valence-electron chi connectivity index (χ3n) is 12.6. The number of likely N-dealkylation sites (tertiary alicyclic amines) is 2. The van der Waals surface area contributed by atoms with Crippen LogP contribution in [0.3, 0.4) is 0 Å². The Morgan fingerprint density at radius 3 is 2.43 bits per heavy atom. The molecule has 4 saturated heterocycles. The molecule has 1 aromatic carbocycles. The van der Waals surface area contributed by atoms with E-state index in [1.165, 1.54) is 16.3 Å². The molecule has 4 atom stereocenters. The summed E-state index contributed by atoms with van der Waals surface area (Å²) in [4.78, 5) is 56.7. The molecule has 0 bridgehead atoms. The van der Waals surface area contributed by atoms with Crippen molar-refractivity contribution in [1.29, 1.82) is 0 Å². The molecule has 302 valence electrons. The fourth-order valence-corrected chi connectivity index (χ4v) is 9.67. The first-order chi connectivity index (χ1) is 26.5. The van der Waals surface area contributed by atoms with E-state index < -0.39 is 29.5 Å². The standard InChI is InChI=1S/C40H49BrF3N7O5/c1-38(10-8-25(9-11-38)27-20-28(24-48(2)23-27)46-30-22-45-49(3)36(54)34(30)41)37(55)51-18-14-39(15-19-51)12-16-50(17-13-39)31-6-4-26(21-32(31)56-40(42,43)44)29-5-7-33(52)47-35(29)53/h4,6,8-10,21-22,27-29,46H,5,7,11-20,23-24H2,1-3H3,(H,47,52,53)/t27-,28+,29?,38?/m0/s1. The SMILES string of the molecule is CN1C[C@H](Nc2cnn(C)c(=O)c2Br)C[C@H](C2=CCC(C)(C(=O)N3CCC4(CC3)CCN(c3ccc(C5CCC(=O)NC5=O)cc3OC(F)(F)F)CC4)C=C2)C1. The minimum atomic E-state index is -4.91. The largest absolute Gasteiger partial charge is 0.573 e. The van der Waals surface area contributed by atoms with E-state index in [-0.39, 0.29) is 47.4 Å². The van der Waals surface area contributed by atoms with Crippen LogP contribution < -0.4 is 25.8 Å². The van der Waals surface area contributed by atoms with Crippen molar-refractivity contribution in [3.8, 4) is 5.75 Å². The number of nitrogens with one attached hydrogen (secondary N) is 2. The summed E-state index contributed by atoms with van der Waals surface area (Å²) >= 11 is 3.42. The number of hydrogen-bond acceptors (Lipinski definition) is 9. The van der Waals surface area contributed by atoms with Crippen molar-refractivity contribution in [2.45, 2.75) is 76.6 Å². The van der Waals surface area contributed by atoms with Crippen LogP contribution in [0.5, 0.6) is 5.75 Å². The molecule has 2 aromatic rings. The molecule has 7 rings (SSSR count). The topological polar surface area (TPSA) is 129 Å². The second-order valence-corrected chi connectivity index (χ2v) is 17.3. The van der Waals surface area contributed by atoms with Crippen LogP contribution >= 0.6 is 15.9 Å². The van der Waals surface area contributed by atoms with Gasteiger partial charge in [-0.3, -0.25) is 24.5 Å². The molecule has 5 aliphatic rings. The number of amides is 3. The lowest BCUT2D eigenvalue weighted by Gasteiger charge is -2.48. The number of alkyl halides is 3. The van der Waals surface area contributed by atoms with Gasteiger partial charge in [-0.1, -0.05) is 24.3 Å². The number of allylic oxidation sites excluding steroid dienone is 2. The molecule has 0 saturated carbocycles. The average Bonchev–Trinajstić information content (AvgIpc) is 3.15. The van der Waals surface area contributed by atoms with E-state index in [4.69, 9.17) is 0 Å². The van der Waals surface area contributed by atoms with Crippen molar-refractivity contribution in [3.05, 3.63) is 68.6 Å². The molecular formula is C40H49BrF3N7O5. The highest BCUT2D eigenvalue weighted by Crippen LogP contribution is 2.46. The third kappa shape index (κ3) is 8.55. The summed E-state index contributed by atoms with van der Waals surface area (Å²) in [6.07, 6.45) is 8.20. The molecule has 1 aliphatic carbocycles. The van der Waals surface area contributed by atoms with Crippen LogP contribution in [0.25, 0.3) is 0 Å². The monoisotopic (exact) mass is 843 g/mol. The lowest BCUT2D eigenvalue weighted by Crippen LogP contribution is -2.51. The number of aromatic nitrogens is 2. The van der Waals surface area contributed by atoms with Gasteiger partial charge < -0.3 is 24.8 Å². The van der Waals surface area contributed by atoms with Crippen LogP contribution in [-0.2, 0) is 21.4 Å². The quantitative estimate of drug-likeness (QED) is 0.348. The van der Waals surface area contributed by atoms with Gasteiger partial charge in [0.15, 0.2) is 5.75 Å². The lowest BCUT2D eigenvalue weighted by molar-refractivity contribution is -0.274. The smallest absolute Gasteiger partial charge is 0.404 e. The second-order valence-electron chi connectivity index (χ2n) is 16.5. The van der Waals surface area contributed by atoms with Gasteiger partial charge in [0.2, 0.25) is 17.7 Å². The lowest BCUT2D eigenvalue weighted by atomic mass is 9.70. The Morgan fingerprint density at radius 2 is 1.77 bits per heavy atom. The number of benzene rings is 1. The predicted octanol–water partition coefficient (Wildman–Crippen LogP) is 5.50. The van der Waals surface area contributed by atoms with Gasteiger partial charge in [0.05, 0.1) is 28.9 Å². The number of piperidine rings is 4. The maximum Gasteiger partial charge on any atom is 0.573 e. The normalized spacial score (nSPS) is 27.2. The van der Waals surface area contributed by atoms with Crippen LogP contribution in [0, 0.1) is 16.7 Å². The molecule has 16 heteroatoms. The molecular weight excluding hydrogens is 795 g/mol. The maximum atomic E-state index is 14.0. The van der Waals surface area contributed by atoms with E-state index in [0.29, 0.717) is 54.0 Å². The molecule has 4 fully saturated rings. The van der Waals surface area contributed by atoms with E-state index in [0.717, 1.165) is 45.2 Å². The number of aryl methyl sites for hydroxylation is 1. The molecule has 3 amide bonds. The molecule has 2 unspecified atom stereocenters. The summed E-state index contributed by atoms with van der Waals surface area (Å²) in [6, 6.07) is 4.64. The second kappa shape index (κ2) is 15.6. The Balaban J connectivity index is 0.936. The van der Waals surface area contributed by atoms with Gasteiger partial charge in [0, 0.05) is 58.8 Å². The zero-order valence-corrected chi connectivity index (χ0v) is 33.5. The molecule has 1 aromatic heterocycles. The fraction of sp³-hybridized carbons (Fsp3) is 0.575. The van der Waals surface area contributed by atoms with Crippen molar-refractivity contribution < 1.29 is 32.3 Å². The molecule has 0 radical (unpaired) electrons. The molecule has 2 N–H and O–H groups in total. The fourth-order valence-electron chi connectivity index (χ4n) is 9.20. The van der Waals surface area contributed by atoms with Crippen molar-refractivity contribution in [1.82, 2.24) is 24.9 Å². The number of carbonyl (C=O) groups excluding carboxylic acids is 3. The number of nitrogens with zero attached hydrogens (tertiary/aromatic N) is 5. The molecule has 5 heterocycles. The first kappa shape index (κ1) is 40.0. The molecule has 56 heavy (non-hydrogen) atoms. The van der Waals surface area contributed by atoms with Gasteiger partial charge in [-0.05, 0) is 109 Å². The van der Waals surface area contributed by atoms with Gasteiger partial charge in [-0.25, -0.2) is 4.68 Å². The van der Waals surface area contributed by atoms with Gasteiger partial charge in [-0.2, -0.15) is 5.10 Å². The average molecular weight is 845 g/mol. The van der Waals surface area contributed by atoms with Gasteiger partial charge >= 0.3 is 6.36 Å². The highest BCUT2D eigenvalue weighted by molar-refractivity contribution is 9.10. The summed E-state index contributed by atoms with van der Waals surface area (Å²) < 4.78 is 46.9. The Labute approximate surface area is 332 Å². The third-order valence-corrected chi connectivity index (χ3v) is 13.3. The van der Waals surface area contributed by atoms with Crippen LogP contribution in [0.1, 0.15) is 69.8 Å². The van der Waals surface area contributed by atoms with E-state index in [1.54, 1.807) is 25.4 Å². The molecule has 4 aliphatic heterocycles. The summed E-state index contributed by atoms with van der Waals surface area (Å²) in [6.45, 7) is 6.08. The van der Waals surface area contributed by atoms with Crippen molar-refractivity contribution in [2.24, 2.45) is 23.8 Å². The summed E-state index contributed by atoms with van der Waals surface area (Å²) in [5.74, 6) is -1.61. The summed E-state index contributed by atoms with van der Waals surface area (Å²) in [7, 11) is 3.71. The van der Waals surface area contributed by atoms with Crippen LogP contribution in [0.15, 0.2) is 57.5 Å². The molecule has 12 nitrogen and oxygen atoms in total. The number of carbonyl (C=O) groups is 3. The summed E-state index contributed by atoms with van der Waals surface area (Å²) in [5.41, 5.74) is 1.75. The highest BCUT2D eigenvalue weighted by atomic mass is 79.9. The van der Waals surface area contributed by atoms with Crippen molar-refractivity contribution >= 4 is 45.0 Å². The first-order valence-electron chi connectivity index (χ1n) is 19.4. The van der Waals surface area contributed by atoms with Crippen molar-refractivity contribution in [3.63, 3.8) is 0 Å². The van der Waals surface area contributed by atoms with Gasteiger partial charge in [0.25, 0.3) is 5.56 Å². The minimum absolute atomic E-state index is 0.00270. The van der Waals surface area contributed by atoms with Crippen LogP contribution in [0.2, 0.25) is 0 Å². The van der Waals surface area contributed by atoms with E-state index in [2.05, 4.69) is 66.6 Å². The number of hydrogen-bond donors (Lipinski definition) is 2. The number of anilines is 2. The zero-order chi connectivity index (χ0) is 40.0. The number of halogens is 4. The Bertz CT molecular complexity index is 1980. The highest BCUT2D eigenvalue weighted by Gasteiger charge is 2.43. The summed E-state index contributed by atoms with van der Waals surface area (Å²) in [5, 5.41) is 9.94. The number of likely N-dealkylation sites (N-methyl/N-ethyl adjacent to an activating group) is 1. The number of ether oxygens (including phenoxy) is 1. The number of rotatable bonds is 7. The maximum absolute atomic E-state index is 14.0. The van der Waals surface area contributed by atoms with Gasteiger partial charge in [-0.15, -0.1) is 13.2 Å². The molecule has 1 spiro atoms. The van der Waals surface area contributed by atoms with E-state index in [1.807, 2.05) is 16.7 Å². The van der Waals surface area contributed by atoms with E-state index >= 15 is 0 Å². The Kier molecular flexibility index (Phi) is 11.2. The van der Waals surface area contributed by atoms with Crippen molar-refractivity contribution in [2.75, 3.05) is 56.5 Å². The first-order valence-corrected chi connectivity index (χ1v) is 20.1. The van der Waals surface area contributed by atoms with Gasteiger partial charge in [0.1, 0.15) is 4.47 Å². The zero-order valence-electron chi connectivity index (χ0n) is 32.0. The Morgan fingerprint density at radius 1 is 1.05 bits per heavy atom.